The summed E-state index contributed by atoms with van der Waals surface area (Å²) in [6, 6.07) is 23.5. The number of rotatable bonds is 7. The third kappa shape index (κ3) is 4.57. The van der Waals surface area contributed by atoms with E-state index in [2.05, 4.69) is 5.32 Å². The van der Waals surface area contributed by atoms with Crippen LogP contribution in [0.2, 0.25) is 0 Å². The molecular formula is C24H22N2O2. The molecule has 140 valence electrons. The Morgan fingerprint density at radius 3 is 2.46 bits per heavy atom. The predicted octanol–water partition coefficient (Wildman–Crippen LogP) is 4.50. The zero-order valence-electron chi connectivity index (χ0n) is 15.8. The summed E-state index contributed by atoms with van der Waals surface area (Å²) in [5.41, 5.74) is 2.04. The van der Waals surface area contributed by atoms with Crippen LogP contribution in [0.15, 0.2) is 72.3 Å². The molecule has 0 bridgehead atoms. The minimum absolute atomic E-state index is 0.0855. The summed E-state index contributed by atoms with van der Waals surface area (Å²) in [5.74, 6) is 0.428. The lowest BCUT2D eigenvalue weighted by atomic mass is 10.0. The van der Waals surface area contributed by atoms with Crippen LogP contribution < -0.4 is 10.1 Å². The van der Waals surface area contributed by atoms with E-state index in [1.54, 1.807) is 6.08 Å². The first-order valence-electron chi connectivity index (χ1n) is 9.31. The van der Waals surface area contributed by atoms with Crippen LogP contribution in [0.3, 0.4) is 0 Å². The van der Waals surface area contributed by atoms with Crippen molar-refractivity contribution in [2.45, 2.75) is 13.3 Å². The molecule has 0 aliphatic rings. The largest absolute Gasteiger partial charge is 0.493 e. The maximum atomic E-state index is 12.4. The van der Waals surface area contributed by atoms with E-state index < -0.39 is 0 Å². The number of carbonyl (C=O) groups is 1. The zero-order valence-corrected chi connectivity index (χ0v) is 15.8. The van der Waals surface area contributed by atoms with E-state index in [1.165, 1.54) is 0 Å². The summed E-state index contributed by atoms with van der Waals surface area (Å²) in [6.07, 6.45) is 2.35. The third-order valence-corrected chi connectivity index (χ3v) is 4.42. The number of hydrogen-bond donors (Lipinski definition) is 1. The fourth-order valence-electron chi connectivity index (χ4n) is 3.07. The topological polar surface area (TPSA) is 62.1 Å². The Morgan fingerprint density at radius 1 is 1.04 bits per heavy atom. The number of benzene rings is 3. The molecule has 0 aromatic heterocycles. The summed E-state index contributed by atoms with van der Waals surface area (Å²) in [6.45, 7) is 2.99. The Bertz CT molecular complexity index is 1030. The molecule has 0 saturated carbocycles. The lowest BCUT2D eigenvalue weighted by molar-refractivity contribution is -0.117. The van der Waals surface area contributed by atoms with Crippen molar-refractivity contribution in [1.29, 1.82) is 5.26 Å². The standard InChI is InChI=1S/C24H22N2O2/c1-2-28-23-13-12-19(21-10-6-7-11-22(21)23)16-20(17-25)24(27)26-15-14-18-8-4-3-5-9-18/h3-13,16H,2,14-15H2,1H3,(H,26,27)/b20-16+. The second-order valence-corrected chi connectivity index (χ2v) is 6.29. The van der Waals surface area contributed by atoms with E-state index in [0.717, 1.165) is 34.1 Å². The normalized spacial score (nSPS) is 11.1. The number of nitriles is 1. The molecule has 3 aromatic carbocycles. The van der Waals surface area contributed by atoms with Crippen LogP contribution in [-0.2, 0) is 11.2 Å². The number of fused-ring (bicyclic) bond motifs is 1. The maximum Gasteiger partial charge on any atom is 0.261 e. The Hall–Kier alpha value is -3.58. The van der Waals surface area contributed by atoms with Gasteiger partial charge in [-0.3, -0.25) is 4.79 Å². The van der Waals surface area contributed by atoms with Gasteiger partial charge in [0.2, 0.25) is 0 Å². The van der Waals surface area contributed by atoms with Gasteiger partial charge in [-0.15, -0.1) is 0 Å². The Labute approximate surface area is 165 Å². The number of carbonyl (C=O) groups excluding carboxylic acids is 1. The van der Waals surface area contributed by atoms with Gasteiger partial charge in [0.1, 0.15) is 17.4 Å². The highest BCUT2D eigenvalue weighted by atomic mass is 16.5. The molecule has 0 fully saturated rings. The van der Waals surface area contributed by atoms with Gasteiger partial charge in [0, 0.05) is 11.9 Å². The molecule has 1 amide bonds. The highest BCUT2D eigenvalue weighted by Gasteiger charge is 2.11. The average Bonchev–Trinajstić information content (AvgIpc) is 2.74. The first kappa shape index (κ1) is 19.2. The minimum Gasteiger partial charge on any atom is -0.493 e. The van der Waals surface area contributed by atoms with Gasteiger partial charge in [0.05, 0.1) is 6.61 Å². The summed E-state index contributed by atoms with van der Waals surface area (Å²) in [4.78, 5) is 12.4. The second-order valence-electron chi connectivity index (χ2n) is 6.29. The summed E-state index contributed by atoms with van der Waals surface area (Å²) in [5, 5.41) is 14.2. The molecule has 3 aromatic rings. The van der Waals surface area contributed by atoms with Crippen molar-refractivity contribution in [2.24, 2.45) is 0 Å². The number of nitrogens with zero attached hydrogens (tertiary/aromatic N) is 1. The highest BCUT2D eigenvalue weighted by Crippen LogP contribution is 2.29. The zero-order chi connectivity index (χ0) is 19.8. The molecular weight excluding hydrogens is 348 g/mol. The fraction of sp³-hybridized carbons (Fsp3) is 0.167. The van der Waals surface area contributed by atoms with Gasteiger partial charge in [-0.1, -0.05) is 60.7 Å². The molecule has 0 aliphatic heterocycles. The highest BCUT2D eigenvalue weighted by molar-refractivity contribution is 6.04. The number of amides is 1. The molecule has 0 saturated heterocycles. The molecule has 0 spiro atoms. The van der Waals surface area contributed by atoms with Gasteiger partial charge >= 0.3 is 0 Å². The van der Waals surface area contributed by atoms with Gasteiger partial charge in [-0.2, -0.15) is 5.26 Å². The van der Waals surface area contributed by atoms with Gasteiger partial charge in [0.15, 0.2) is 0 Å². The van der Waals surface area contributed by atoms with Crippen molar-refractivity contribution >= 4 is 22.8 Å². The number of ether oxygens (including phenoxy) is 1. The first-order chi connectivity index (χ1) is 13.7. The van der Waals surface area contributed by atoms with E-state index in [0.29, 0.717) is 13.2 Å². The van der Waals surface area contributed by atoms with Crippen molar-refractivity contribution in [2.75, 3.05) is 13.2 Å². The molecule has 28 heavy (non-hydrogen) atoms. The van der Waals surface area contributed by atoms with Crippen molar-refractivity contribution in [3.8, 4) is 11.8 Å². The Kier molecular flexibility index (Phi) is 6.43. The Balaban J connectivity index is 1.79. The van der Waals surface area contributed by atoms with Gasteiger partial charge in [0.25, 0.3) is 5.91 Å². The molecule has 3 rings (SSSR count). The Morgan fingerprint density at radius 2 is 1.75 bits per heavy atom. The molecule has 0 aliphatic carbocycles. The van der Waals surface area contributed by atoms with Crippen molar-refractivity contribution in [3.05, 3.63) is 83.4 Å². The van der Waals surface area contributed by atoms with Crippen LogP contribution in [0.1, 0.15) is 18.1 Å². The lowest BCUT2D eigenvalue weighted by Crippen LogP contribution is -2.26. The number of nitrogens with one attached hydrogen (secondary N) is 1. The van der Waals surface area contributed by atoms with Crippen LogP contribution in [-0.4, -0.2) is 19.1 Å². The average molecular weight is 370 g/mol. The van der Waals surface area contributed by atoms with E-state index >= 15 is 0 Å². The van der Waals surface area contributed by atoms with Crippen LogP contribution in [0, 0.1) is 11.3 Å². The van der Waals surface area contributed by atoms with E-state index in [1.807, 2.05) is 79.7 Å². The van der Waals surface area contributed by atoms with Crippen LogP contribution in [0.4, 0.5) is 0 Å². The maximum absolute atomic E-state index is 12.4. The summed E-state index contributed by atoms with van der Waals surface area (Å²) < 4.78 is 5.68. The molecule has 4 heteroatoms. The lowest BCUT2D eigenvalue weighted by Gasteiger charge is -2.10. The summed E-state index contributed by atoms with van der Waals surface area (Å²) in [7, 11) is 0. The van der Waals surface area contributed by atoms with E-state index in [-0.39, 0.29) is 11.5 Å². The minimum atomic E-state index is -0.364. The monoisotopic (exact) mass is 370 g/mol. The smallest absolute Gasteiger partial charge is 0.261 e. The summed E-state index contributed by atoms with van der Waals surface area (Å²) >= 11 is 0. The molecule has 0 radical (unpaired) electrons. The quantitative estimate of drug-likeness (QED) is 0.492. The van der Waals surface area contributed by atoms with Crippen LogP contribution >= 0.6 is 0 Å². The van der Waals surface area contributed by atoms with E-state index in [9.17, 15) is 10.1 Å². The van der Waals surface area contributed by atoms with Crippen LogP contribution in [0.5, 0.6) is 5.75 Å². The van der Waals surface area contributed by atoms with Gasteiger partial charge < -0.3 is 10.1 Å². The molecule has 1 N–H and O–H groups in total. The van der Waals surface area contributed by atoms with Crippen LogP contribution in [0.25, 0.3) is 16.8 Å². The second kappa shape index (κ2) is 9.38. The molecule has 0 heterocycles. The predicted molar refractivity (Wildman–Crippen MR) is 112 cm³/mol. The van der Waals surface area contributed by atoms with E-state index in [4.69, 9.17) is 4.74 Å². The van der Waals surface area contributed by atoms with Gasteiger partial charge in [-0.05, 0) is 42.0 Å². The first-order valence-corrected chi connectivity index (χ1v) is 9.31. The SMILES string of the molecule is CCOc1ccc(/C=C(\C#N)C(=O)NCCc2ccccc2)c2ccccc12. The number of hydrogen-bond acceptors (Lipinski definition) is 3. The molecule has 4 nitrogen and oxygen atoms in total. The van der Waals surface area contributed by atoms with Crippen molar-refractivity contribution < 1.29 is 9.53 Å². The molecule has 0 atom stereocenters. The fourth-order valence-corrected chi connectivity index (χ4v) is 3.07. The molecule has 0 unspecified atom stereocenters. The van der Waals surface area contributed by atoms with Gasteiger partial charge in [-0.25, -0.2) is 0 Å². The van der Waals surface area contributed by atoms with Crippen molar-refractivity contribution in [3.63, 3.8) is 0 Å². The third-order valence-electron chi connectivity index (χ3n) is 4.42. The van der Waals surface area contributed by atoms with Crippen molar-refractivity contribution in [1.82, 2.24) is 5.32 Å².